The Hall–Kier alpha value is -0.630. The molecule has 3 rings (SSSR count). The zero-order valence-electron chi connectivity index (χ0n) is 12.8. The molecule has 4 heteroatoms. The topological polar surface area (TPSA) is 48.3 Å². The van der Waals surface area contributed by atoms with Crippen LogP contribution in [0.1, 0.15) is 46.0 Å². The van der Waals surface area contributed by atoms with Gasteiger partial charge in [0, 0.05) is 25.2 Å². The van der Waals surface area contributed by atoms with Crippen molar-refractivity contribution in [3.8, 4) is 6.07 Å². The largest absolute Gasteiger partial charge is 0.375 e. The first kappa shape index (κ1) is 14.3. The van der Waals surface area contributed by atoms with E-state index < -0.39 is 0 Å². The van der Waals surface area contributed by atoms with Crippen molar-refractivity contribution in [3.63, 3.8) is 0 Å². The number of nitrogens with one attached hydrogen (secondary N) is 1. The van der Waals surface area contributed by atoms with E-state index in [1.54, 1.807) is 0 Å². The summed E-state index contributed by atoms with van der Waals surface area (Å²) >= 11 is 0. The van der Waals surface area contributed by atoms with Crippen LogP contribution in [0.25, 0.3) is 0 Å². The Bertz CT molecular complexity index is 388. The number of hydrogen-bond donors (Lipinski definition) is 1. The van der Waals surface area contributed by atoms with Gasteiger partial charge in [-0.05, 0) is 51.9 Å². The summed E-state index contributed by atoms with van der Waals surface area (Å²) in [5, 5.41) is 13.4. The lowest BCUT2D eigenvalue weighted by molar-refractivity contribution is -0.0625. The van der Waals surface area contributed by atoms with Crippen LogP contribution in [0.2, 0.25) is 0 Å². The average molecular weight is 277 g/mol. The predicted molar refractivity (Wildman–Crippen MR) is 78.3 cm³/mol. The molecular weight excluding hydrogens is 250 g/mol. The molecule has 3 atom stereocenters. The van der Waals surface area contributed by atoms with E-state index in [-0.39, 0.29) is 5.54 Å². The summed E-state index contributed by atoms with van der Waals surface area (Å²) in [7, 11) is 0. The minimum atomic E-state index is -0.349. The number of fused-ring (bicyclic) bond motifs is 1. The highest BCUT2D eigenvalue weighted by molar-refractivity contribution is 5.18. The molecule has 3 fully saturated rings. The van der Waals surface area contributed by atoms with Gasteiger partial charge < -0.3 is 4.74 Å². The van der Waals surface area contributed by atoms with Crippen molar-refractivity contribution in [2.24, 2.45) is 5.92 Å². The Morgan fingerprint density at radius 2 is 2.15 bits per heavy atom. The van der Waals surface area contributed by atoms with Crippen LogP contribution in [0.5, 0.6) is 0 Å². The Kier molecular flexibility index (Phi) is 4.03. The summed E-state index contributed by atoms with van der Waals surface area (Å²) in [5.41, 5.74) is -0.349. The third-order valence-corrected chi connectivity index (χ3v) is 5.07. The van der Waals surface area contributed by atoms with Crippen molar-refractivity contribution in [2.45, 2.75) is 69.7 Å². The maximum absolute atomic E-state index is 9.84. The summed E-state index contributed by atoms with van der Waals surface area (Å²) in [5.74, 6) is 0.539. The molecule has 112 valence electrons. The van der Waals surface area contributed by atoms with Gasteiger partial charge in [0.2, 0.25) is 0 Å². The zero-order chi connectivity index (χ0) is 14.2. The van der Waals surface area contributed by atoms with E-state index in [1.165, 1.54) is 32.1 Å². The molecule has 0 aromatic heterocycles. The SMILES string of the molecule is CC(C)NC(C#N)(CN1CCOC2CCCC21)C1CC1. The van der Waals surface area contributed by atoms with E-state index in [1.807, 2.05) is 0 Å². The fourth-order valence-corrected chi connectivity index (χ4v) is 4.07. The van der Waals surface area contributed by atoms with Crippen molar-refractivity contribution < 1.29 is 4.74 Å². The Balaban J connectivity index is 1.73. The fraction of sp³-hybridized carbons (Fsp3) is 0.938. The van der Waals surface area contributed by atoms with E-state index in [9.17, 15) is 5.26 Å². The van der Waals surface area contributed by atoms with E-state index in [0.717, 1.165) is 19.7 Å². The maximum atomic E-state index is 9.84. The second-order valence-electron chi connectivity index (χ2n) is 7.03. The molecule has 1 aliphatic heterocycles. The highest BCUT2D eigenvalue weighted by Crippen LogP contribution is 2.41. The highest BCUT2D eigenvalue weighted by Gasteiger charge is 2.49. The van der Waals surface area contributed by atoms with E-state index in [4.69, 9.17) is 4.74 Å². The number of nitrogens with zero attached hydrogens (tertiary/aromatic N) is 2. The van der Waals surface area contributed by atoms with Gasteiger partial charge in [-0.1, -0.05) is 0 Å². The predicted octanol–water partition coefficient (Wildman–Crippen LogP) is 1.91. The first-order chi connectivity index (χ1) is 9.64. The number of morpholine rings is 1. The van der Waals surface area contributed by atoms with Gasteiger partial charge in [-0.25, -0.2) is 0 Å². The van der Waals surface area contributed by atoms with Crippen molar-refractivity contribution >= 4 is 0 Å². The average Bonchev–Trinajstić information content (AvgIpc) is 3.16. The minimum Gasteiger partial charge on any atom is -0.375 e. The lowest BCUT2D eigenvalue weighted by atomic mass is 9.91. The molecule has 0 spiro atoms. The number of ether oxygens (including phenoxy) is 1. The minimum absolute atomic E-state index is 0.349. The standard InChI is InChI=1S/C16H27N3O/c1-12(2)18-16(10-17,13-6-7-13)11-19-8-9-20-15-5-3-4-14(15)19/h12-15,18H,3-9,11H2,1-2H3. The van der Waals surface area contributed by atoms with Crippen LogP contribution >= 0.6 is 0 Å². The molecule has 1 heterocycles. The molecule has 4 nitrogen and oxygen atoms in total. The quantitative estimate of drug-likeness (QED) is 0.834. The lowest BCUT2D eigenvalue weighted by Gasteiger charge is -2.43. The molecule has 0 amide bonds. The van der Waals surface area contributed by atoms with Gasteiger partial charge in [-0.15, -0.1) is 0 Å². The van der Waals surface area contributed by atoms with Crippen LogP contribution in [0.4, 0.5) is 0 Å². The Labute approximate surface area is 122 Å². The van der Waals surface area contributed by atoms with Crippen molar-refractivity contribution in [2.75, 3.05) is 19.7 Å². The Morgan fingerprint density at radius 1 is 1.35 bits per heavy atom. The van der Waals surface area contributed by atoms with Gasteiger partial charge in [0.1, 0.15) is 5.54 Å². The third kappa shape index (κ3) is 2.72. The number of rotatable bonds is 5. The Morgan fingerprint density at radius 3 is 2.80 bits per heavy atom. The third-order valence-electron chi connectivity index (χ3n) is 5.07. The van der Waals surface area contributed by atoms with E-state index in [0.29, 0.717) is 24.1 Å². The first-order valence-corrected chi connectivity index (χ1v) is 8.19. The van der Waals surface area contributed by atoms with Gasteiger partial charge in [0.15, 0.2) is 0 Å². The van der Waals surface area contributed by atoms with Gasteiger partial charge >= 0.3 is 0 Å². The highest BCUT2D eigenvalue weighted by atomic mass is 16.5. The maximum Gasteiger partial charge on any atom is 0.122 e. The van der Waals surface area contributed by atoms with E-state index in [2.05, 4.69) is 30.1 Å². The normalized spacial score (nSPS) is 33.7. The monoisotopic (exact) mass is 277 g/mol. The van der Waals surface area contributed by atoms with Gasteiger partial charge in [-0.2, -0.15) is 5.26 Å². The molecule has 3 aliphatic rings. The molecule has 0 bridgehead atoms. The summed E-state index contributed by atoms with van der Waals surface area (Å²) in [6.45, 7) is 6.97. The van der Waals surface area contributed by atoms with Gasteiger partial charge in [-0.3, -0.25) is 10.2 Å². The van der Waals surface area contributed by atoms with Crippen LogP contribution in [0.15, 0.2) is 0 Å². The van der Waals surface area contributed by atoms with Crippen LogP contribution in [0.3, 0.4) is 0 Å². The number of hydrogen-bond acceptors (Lipinski definition) is 4. The second kappa shape index (κ2) is 5.63. The summed E-state index contributed by atoms with van der Waals surface area (Å²) in [6.07, 6.45) is 6.52. The van der Waals surface area contributed by atoms with E-state index >= 15 is 0 Å². The summed E-state index contributed by atoms with van der Waals surface area (Å²) < 4.78 is 5.89. The molecule has 0 radical (unpaired) electrons. The fourth-order valence-electron chi connectivity index (χ4n) is 4.07. The van der Waals surface area contributed by atoms with Gasteiger partial charge in [0.05, 0.1) is 18.8 Å². The van der Waals surface area contributed by atoms with Crippen molar-refractivity contribution in [1.29, 1.82) is 5.26 Å². The molecular formula is C16H27N3O. The second-order valence-corrected chi connectivity index (χ2v) is 7.03. The molecule has 20 heavy (non-hydrogen) atoms. The molecule has 2 saturated carbocycles. The zero-order valence-corrected chi connectivity index (χ0v) is 12.8. The van der Waals surface area contributed by atoms with Crippen LogP contribution in [0, 0.1) is 17.2 Å². The van der Waals surface area contributed by atoms with Crippen molar-refractivity contribution in [3.05, 3.63) is 0 Å². The molecule has 3 unspecified atom stereocenters. The molecule has 0 aromatic rings. The molecule has 2 aliphatic carbocycles. The molecule has 0 aromatic carbocycles. The molecule has 1 N–H and O–H groups in total. The van der Waals surface area contributed by atoms with Gasteiger partial charge in [0.25, 0.3) is 0 Å². The van der Waals surface area contributed by atoms with Crippen LogP contribution < -0.4 is 5.32 Å². The van der Waals surface area contributed by atoms with Crippen molar-refractivity contribution in [1.82, 2.24) is 10.2 Å². The smallest absolute Gasteiger partial charge is 0.122 e. The first-order valence-electron chi connectivity index (χ1n) is 8.19. The van der Waals surface area contributed by atoms with Crippen LogP contribution in [-0.4, -0.2) is 48.3 Å². The number of nitriles is 1. The summed E-state index contributed by atoms with van der Waals surface area (Å²) in [4.78, 5) is 2.54. The van der Waals surface area contributed by atoms with Crippen LogP contribution in [-0.2, 0) is 4.74 Å². The summed E-state index contributed by atoms with van der Waals surface area (Å²) in [6, 6.07) is 3.55. The lowest BCUT2D eigenvalue weighted by Crippen LogP contribution is -2.61. The molecule has 1 saturated heterocycles.